The smallest absolute Gasteiger partial charge is 0.290 e. The molecule has 0 bridgehead atoms. The van der Waals surface area contributed by atoms with Gasteiger partial charge in [0.25, 0.3) is 0 Å². The molecule has 3 unspecified atom stereocenters. The van der Waals surface area contributed by atoms with Gasteiger partial charge in [-0.1, -0.05) is 27.2 Å². The second-order valence-corrected chi connectivity index (χ2v) is 5.33. The first-order valence-corrected chi connectivity index (χ1v) is 6.28. The van der Waals surface area contributed by atoms with Crippen molar-refractivity contribution in [2.24, 2.45) is 17.8 Å². The van der Waals surface area contributed by atoms with E-state index in [2.05, 4.69) is 18.7 Å². The Bertz CT molecular complexity index is 333. The zero-order valence-corrected chi connectivity index (χ0v) is 10.3. The summed E-state index contributed by atoms with van der Waals surface area (Å²) in [5, 5.41) is 0. The van der Waals surface area contributed by atoms with Crippen LogP contribution in [0.5, 0.6) is 0 Å². The summed E-state index contributed by atoms with van der Waals surface area (Å²) in [7, 11) is 0. The monoisotopic (exact) mass is 220 g/mol. The van der Waals surface area contributed by atoms with Crippen molar-refractivity contribution >= 4 is 5.91 Å². The zero-order chi connectivity index (χ0) is 11.9. The number of amides is 1. The molecule has 88 valence electrons. The fourth-order valence-electron chi connectivity index (χ4n) is 2.69. The summed E-state index contributed by atoms with van der Waals surface area (Å²) >= 11 is 0. The summed E-state index contributed by atoms with van der Waals surface area (Å²) in [4.78, 5) is 17.8. The van der Waals surface area contributed by atoms with E-state index in [0.717, 1.165) is 19.3 Å². The Morgan fingerprint density at radius 2 is 2.19 bits per heavy atom. The molecule has 3 heteroatoms. The van der Waals surface area contributed by atoms with E-state index in [-0.39, 0.29) is 18.0 Å². The van der Waals surface area contributed by atoms with Gasteiger partial charge in [0.1, 0.15) is 0 Å². The zero-order valence-electron chi connectivity index (χ0n) is 10.3. The second kappa shape index (κ2) is 4.08. The van der Waals surface area contributed by atoms with Gasteiger partial charge >= 0.3 is 6.17 Å². The number of rotatable bonds is 3. The van der Waals surface area contributed by atoms with Gasteiger partial charge in [0, 0.05) is 18.4 Å². The van der Waals surface area contributed by atoms with Gasteiger partial charge in [0.15, 0.2) is 0 Å². The maximum absolute atomic E-state index is 12.3. The Kier molecular flexibility index (Phi) is 2.92. The summed E-state index contributed by atoms with van der Waals surface area (Å²) in [6.45, 7) is 13.4. The quantitative estimate of drug-likeness (QED) is 0.671. The number of fused-ring (bicyclic) bond motifs is 1. The summed E-state index contributed by atoms with van der Waals surface area (Å²) in [6.07, 6.45) is 2.90. The first-order valence-electron chi connectivity index (χ1n) is 6.28. The molecular formula is C13H20N2O. The van der Waals surface area contributed by atoms with E-state index in [9.17, 15) is 4.79 Å². The van der Waals surface area contributed by atoms with Crippen molar-refractivity contribution in [2.45, 2.75) is 52.2 Å². The van der Waals surface area contributed by atoms with Crippen molar-refractivity contribution < 1.29 is 4.79 Å². The van der Waals surface area contributed by atoms with E-state index < -0.39 is 0 Å². The topological polar surface area (TPSA) is 24.7 Å². The molecule has 0 aromatic heterocycles. The number of piperidine rings is 1. The molecule has 1 aliphatic carbocycles. The lowest BCUT2D eigenvalue weighted by atomic mass is 9.92. The van der Waals surface area contributed by atoms with Crippen LogP contribution in [0.4, 0.5) is 0 Å². The second-order valence-electron chi connectivity index (χ2n) is 5.33. The van der Waals surface area contributed by atoms with Crippen molar-refractivity contribution in [3.63, 3.8) is 0 Å². The molecule has 16 heavy (non-hydrogen) atoms. The molecule has 5 atom stereocenters. The van der Waals surface area contributed by atoms with Gasteiger partial charge < -0.3 is 0 Å². The van der Waals surface area contributed by atoms with Gasteiger partial charge in [0.2, 0.25) is 5.91 Å². The molecule has 1 amide bonds. The minimum absolute atomic E-state index is 0.0635. The molecule has 1 saturated carbocycles. The largest absolute Gasteiger partial charge is 0.301 e. The molecule has 1 aliphatic heterocycles. The van der Waals surface area contributed by atoms with Gasteiger partial charge in [0.05, 0.1) is 0 Å². The summed E-state index contributed by atoms with van der Waals surface area (Å²) < 4.78 is 0. The summed E-state index contributed by atoms with van der Waals surface area (Å²) in [5.41, 5.74) is 0. The van der Waals surface area contributed by atoms with E-state index in [0.29, 0.717) is 17.9 Å². The Hall–Kier alpha value is -1.04. The third-order valence-corrected chi connectivity index (χ3v) is 4.37. The predicted octanol–water partition coefficient (Wildman–Crippen LogP) is 2.53. The van der Waals surface area contributed by atoms with Crippen LogP contribution in [0.25, 0.3) is 4.85 Å². The van der Waals surface area contributed by atoms with E-state index in [4.69, 9.17) is 6.57 Å². The molecule has 1 saturated heterocycles. The molecule has 0 radical (unpaired) electrons. The number of nitrogens with zero attached hydrogens (tertiary/aromatic N) is 2. The molecule has 0 aromatic rings. The standard InChI is InChI=1S/C13H20N2O/c1-5-8(2)9(3)13(16)15-11-6-10(11)7-12(15)14-4/h8-12H,5-7H2,1-3H3/t8?,9-,10?,11?,12-/m0/s1. The van der Waals surface area contributed by atoms with Crippen molar-refractivity contribution in [1.29, 1.82) is 0 Å². The van der Waals surface area contributed by atoms with Gasteiger partial charge in [-0.15, -0.1) is 0 Å². The number of carbonyl (C=O) groups is 1. The molecule has 2 fully saturated rings. The van der Waals surface area contributed by atoms with E-state index in [1.54, 1.807) is 0 Å². The van der Waals surface area contributed by atoms with Crippen molar-refractivity contribution in [2.75, 3.05) is 0 Å². The third-order valence-electron chi connectivity index (χ3n) is 4.37. The van der Waals surface area contributed by atoms with Gasteiger partial charge in [-0.2, -0.15) is 0 Å². The average Bonchev–Trinajstić information content (AvgIpc) is 2.97. The maximum Gasteiger partial charge on any atom is 0.301 e. The van der Waals surface area contributed by atoms with Crippen LogP contribution in [0.15, 0.2) is 0 Å². The summed E-state index contributed by atoms with van der Waals surface area (Å²) in [6, 6.07) is 0.401. The van der Waals surface area contributed by atoms with Crippen LogP contribution < -0.4 is 0 Å². The lowest BCUT2D eigenvalue weighted by Crippen LogP contribution is -2.41. The molecule has 0 N–H and O–H groups in total. The van der Waals surface area contributed by atoms with Crippen LogP contribution in [0, 0.1) is 24.3 Å². The van der Waals surface area contributed by atoms with Gasteiger partial charge in [-0.25, -0.2) is 6.57 Å². The van der Waals surface area contributed by atoms with Crippen LogP contribution in [0.3, 0.4) is 0 Å². The van der Waals surface area contributed by atoms with Crippen LogP contribution in [-0.4, -0.2) is 23.0 Å². The summed E-state index contributed by atoms with van der Waals surface area (Å²) in [5.74, 6) is 1.32. The minimum Gasteiger partial charge on any atom is -0.290 e. The predicted molar refractivity (Wildman–Crippen MR) is 62.4 cm³/mol. The number of carbonyl (C=O) groups excluding carboxylic acids is 1. The highest BCUT2D eigenvalue weighted by molar-refractivity contribution is 5.80. The highest BCUT2D eigenvalue weighted by atomic mass is 16.2. The van der Waals surface area contributed by atoms with Crippen LogP contribution >= 0.6 is 0 Å². The Balaban J connectivity index is 2.06. The van der Waals surface area contributed by atoms with E-state index >= 15 is 0 Å². The van der Waals surface area contributed by atoms with Crippen molar-refractivity contribution in [3.8, 4) is 0 Å². The molecule has 1 heterocycles. The fourth-order valence-corrected chi connectivity index (χ4v) is 2.69. The number of likely N-dealkylation sites (tertiary alicyclic amines) is 1. The molecular weight excluding hydrogens is 200 g/mol. The van der Waals surface area contributed by atoms with Crippen LogP contribution in [-0.2, 0) is 4.79 Å². The Morgan fingerprint density at radius 1 is 1.50 bits per heavy atom. The molecule has 0 aromatic carbocycles. The number of hydrogen-bond donors (Lipinski definition) is 0. The Labute approximate surface area is 97.6 Å². The first-order chi connectivity index (χ1) is 7.60. The molecule has 0 spiro atoms. The van der Waals surface area contributed by atoms with Crippen molar-refractivity contribution in [3.05, 3.63) is 11.4 Å². The molecule has 3 nitrogen and oxygen atoms in total. The SMILES string of the molecule is [C-]#[N+][C@@H]1CC2CC2N1C(=O)[C@@H](C)C(C)CC. The molecule has 2 aliphatic rings. The first kappa shape index (κ1) is 11.4. The van der Waals surface area contributed by atoms with Crippen LogP contribution in [0.2, 0.25) is 0 Å². The fraction of sp³-hybridized carbons (Fsp3) is 0.846. The normalized spacial score (nSPS) is 35.1. The van der Waals surface area contributed by atoms with E-state index in [1.165, 1.54) is 0 Å². The molecule has 2 rings (SSSR count). The highest BCUT2D eigenvalue weighted by Crippen LogP contribution is 2.48. The van der Waals surface area contributed by atoms with Gasteiger partial charge in [-0.3, -0.25) is 14.5 Å². The average molecular weight is 220 g/mol. The van der Waals surface area contributed by atoms with Gasteiger partial charge in [-0.05, 0) is 18.3 Å². The third kappa shape index (κ3) is 1.71. The lowest BCUT2D eigenvalue weighted by Gasteiger charge is -2.25. The highest BCUT2D eigenvalue weighted by Gasteiger charge is 2.57. The van der Waals surface area contributed by atoms with Crippen molar-refractivity contribution in [1.82, 2.24) is 4.90 Å². The van der Waals surface area contributed by atoms with E-state index in [1.807, 2.05) is 11.8 Å². The lowest BCUT2D eigenvalue weighted by molar-refractivity contribution is -0.137. The maximum atomic E-state index is 12.3. The Morgan fingerprint density at radius 3 is 2.75 bits per heavy atom. The number of hydrogen-bond acceptors (Lipinski definition) is 1. The van der Waals surface area contributed by atoms with Crippen LogP contribution in [0.1, 0.15) is 40.0 Å². The minimum atomic E-state index is -0.164.